The Hall–Kier alpha value is -1.26. The Labute approximate surface area is 87.2 Å². The van der Waals surface area contributed by atoms with Gasteiger partial charge in [0.05, 0.1) is 6.61 Å². The number of carbonyl (C=O) groups is 1. The van der Waals surface area contributed by atoms with Crippen LogP contribution in [0.4, 0.5) is 4.39 Å². The Morgan fingerprint density at radius 2 is 2.13 bits per heavy atom. The van der Waals surface area contributed by atoms with Crippen molar-refractivity contribution in [3.05, 3.63) is 35.6 Å². The first kappa shape index (κ1) is 10.3. The Balaban J connectivity index is 2.09. The van der Waals surface area contributed by atoms with Gasteiger partial charge in [-0.15, -0.1) is 0 Å². The van der Waals surface area contributed by atoms with Gasteiger partial charge in [0.15, 0.2) is 5.78 Å². The summed E-state index contributed by atoms with van der Waals surface area (Å²) in [5.41, 5.74) is 0.491. The molecule has 1 heterocycles. The molecule has 1 aromatic carbocycles. The van der Waals surface area contributed by atoms with Crippen LogP contribution < -0.4 is 5.32 Å². The van der Waals surface area contributed by atoms with Gasteiger partial charge in [0.1, 0.15) is 11.9 Å². The van der Waals surface area contributed by atoms with Crippen LogP contribution in [-0.4, -0.2) is 31.6 Å². The lowest BCUT2D eigenvalue weighted by Gasteiger charge is -2.22. The third-order valence-corrected chi connectivity index (χ3v) is 2.35. The maximum atomic E-state index is 12.6. The van der Waals surface area contributed by atoms with Gasteiger partial charge in [0, 0.05) is 18.7 Å². The van der Waals surface area contributed by atoms with Crippen molar-refractivity contribution in [2.24, 2.45) is 0 Å². The molecule has 1 unspecified atom stereocenters. The lowest BCUT2D eigenvalue weighted by molar-refractivity contribution is 0.0269. The van der Waals surface area contributed by atoms with Gasteiger partial charge in [-0.25, -0.2) is 4.39 Å². The van der Waals surface area contributed by atoms with Crippen LogP contribution in [0.25, 0.3) is 0 Å². The van der Waals surface area contributed by atoms with Crippen molar-refractivity contribution in [1.82, 2.24) is 5.32 Å². The predicted octanol–water partition coefficient (Wildman–Crippen LogP) is 0.997. The highest BCUT2D eigenvalue weighted by atomic mass is 19.1. The molecular formula is C11H12FNO2. The van der Waals surface area contributed by atoms with E-state index in [4.69, 9.17) is 4.74 Å². The van der Waals surface area contributed by atoms with Crippen LogP contribution in [-0.2, 0) is 4.74 Å². The van der Waals surface area contributed by atoms with Gasteiger partial charge in [0.25, 0.3) is 0 Å². The van der Waals surface area contributed by atoms with E-state index in [1.54, 1.807) is 0 Å². The smallest absolute Gasteiger partial charge is 0.192 e. The second-order valence-electron chi connectivity index (χ2n) is 3.43. The average molecular weight is 209 g/mol. The lowest BCUT2D eigenvalue weighted by atomic mass is 10.1. The van der Waals surface area contributed by atoms with Crippen molar-refractivity contribution in [2.45, 2.75) is 6.10 Å². The van der Waals surface area contributed by atoms with E-state index < -0.39 is 6.10 Å². The summed E-state index contributed by atoms with van der Waals surface area (Å²) in [6, 6.07) is 5.53. The lowest BCUT2D eigenvalue weighted by Crippen LogP contribution is -2.43. The second-order valence-corrected chi connectivity index (χ2v) is 3.43. The molecule has 0 radical (unpaired) electrons. The zero-order valence-corrected chi connectivity index (χ0v) is 8.20. The first-order chi connectivity index (χ1) is 7.27. The van der Waals surface area contributed by atoms with Crippen LogP contribution in [0.5, 0.6) is 0 Å². The summed E-state index contributed by atoms with van der Waals surface area (Å²) in [7, 11) is 0. The molecule has 1 N–H and O–H groups in total. The van der Waals surface area contributed by atoms with Crippen LogP contribution in [0.2, 0.25) is 0 Å². The molecule has 0 spiro atoms. The minimum Gasteiger partial charge on any atom is -0.367 e. The highest BCUT2D eigenvalue weighted by Gasteiger charge is 2.22. The quantitative estimate of drug-likeness (QED) is 0.738. The van der Waals surface area contributed by atoms with Gasteiger partial charge in [-0.3, -0.25) is 4.79 Å². The van der Waals surface area contributed by atoms with E-state index in [9.17, 15) is 9.18 Å². The molecule has 0 aromatic heterocycles. The van der Waals surface area contributed by atoms with Crippen molar-refractivity contribution < 1.29 is 13.9 Å². The fourth-order valence-electron chi connectivity index (χ4n) is 1.53. The molecule has 1 aliphatic rings. The molecule has 80 valence electrons. The van der Waals surface area contributed by atoms with Crippen LogP contribution in [0, 0.1) is 5.82 Å². The second kappa shape index (κ2) is 4.51. The molecule has 4 heteroatoms. The number of rotatable bonds is 2. The van der Waals surface area contributed by atoms with Crippen LogP contribution in [0.3, 0.4) is 0 Å². The number of Topliss-reactive ketones (excluding diaryl/α,β-unsaturated/α-hetero) is 1. The van der Waals surface area contributed by atoms with E-state index in [1.807, 2.05) is 0 Å². The van der Waals surface area contributed by atoms with Gasteiger partial charge < -0.3 is 10.1 Å². The van der Waals surface area contributed by atoms with Crippen molar-refractivity contribution in [3.63, 3.8) is 0 Å². The fraction of sp³-hybridized carbons (Fsp3) is 0.364. The summed E-state index contributed by atoms with van der Waals surface area (Å²) in [5.74, 6) is -0.434. The van der Waals surface area contributed by atoms with Crippen LogP contribution >= 0.6 is 0 Å². The first-order valence-corrected chi connectivity index (χ1v) is 4.89. The van der Waals surface area contributed by atoms with E-state index in [-0.39, 0.29) is 11.6 Å². The molecular weight excluding hydrogens is 197 g/mol. The number of ketones is 1. The predicted molar refractivity (Wildman–Crippen MR) is 53.3 cm³/mol. The van der Waals surface area contributed by atoms with E-state index in [0.717, 1.165) is 6.54 Å². The SMILES string of the molecule is O=C(c1ccc(F)cc1)C1CNCCO1. The minimum atomic E-state index is -0.441. The van der Waals surface area contributed by atoms with Crippen molar-refractivity contribution >= 4 is 5.78 Å². The number of ether oxygens (including phenoxy) is 1. The molecule has 3 nitrogen and oxygen atoms in total. The largest absolute Gasteiger partial charge is 0.367 e. The van der Waals surface area contributed by atoms with Gasteiger partial charge in [-0.1, -0.05) is 0 Å². The minimum absolute atomic E-state index is 0.0952. The monoisotopic (exact) mass is 209 g/mol. The molecule has 1 saturated heterocycles. The Morgan fingerprint density at radius 1 is 1.40 bits per heavy atom. The summed E-state index contributed by atoms with van der Waals surface area (Å²) in [5, 5.41) is 3.08. The Kier molecular flexibility index (Phi) is 3.08. The maximum absolute atomic E-state index is 12.6. The molecule has 0 aliphatic carbocycles. The maximum Gasteiger partial charge on any atom is 0.192 e. The first-order valence-electron chi connectivity index (χ1n) is 4.89. The number of morpholine rings is 1. The van der Waals surface area contributed by atoms with Crippen LogP contribution in [0.1, 0.15) is 10.4 Å². The van der Waals surface area contributed by atoms with Crippen molar-refractivity contribution in [3.8, 4) is 0 Å². The fourth-order valence-corrected chi connectivity index (χ4v) is 1.53. The number of nitrogens with one attached hydrogen (secondary N) is 1. The van der Waals surface area contributed by atoms with Gasteiger partial charge in [-0.2, -0.15) is 0 Å². The average Bonchev–Trinajstić information content (AvgIpc) is 2.30. The van der Waals surface area contributed by atoms with Gasteiger partial charge in [0.2, 0.25) is 0 Å². The zero-order chi connectivity index (χ0) is 10.7. The molecule has 1 aromatic rings. The summed E-state index contributed by atoms with van der Waals surface area (Å²) >= 11 is 0. The molecule has 1 aliphatic heterocycles. The number of halogens is 1. The Morgan fingerprint density at radius 3 is 2.73 bits per heavy atom. The van der Waals surface area contributed by atoms with E-state index in [1.165, 1.54) is 24.3 Å². The Bertz CT molecular complexity index is 344. The summed E-state index contributed by atoms with van der Waals surface area (Å²) < 4.78 is 18.0. The molecule has 1 atom stereocenters. The molecule has 1 fully saturated rings. The topological polar surface area (TPSA) is 38.3 Å². The molecule has 0 amide bonds. The number of hydrogen-bond donors (Lipinski definition) is 1. The summed E-state index contributed by atoms with van der Waals surface area (Å²) in [6.45, 7) is 1.83. The van der Waals surface area contributed by atoms with E-state index in [2.05, 4.69) is 5.32 Å². The van der Waals surface area contributed by atoms with Crippen molar-refractivity contribution in [1.29, 1.82) is 0 Å². The van der Waals surface area contributed by atoms with Gasteiger partial charge in [-0.05, 0) is 24.3 Å². The summed E-state index contributed by atoms with van der Waals surface area (Å²) in [4.78, 5) is 11.8. The van der Waals surface area contributed by atoms with Crippen LogP contribution in [0.15, 0.2) is 24.3 Å². The molecule has 0 bridgehead atoms. The van der Waals surface area contributed by atoms with E-state index >= 15 is 0 Å². The molecule has 15 heavy (non-hydrogen) atoms. The van der Waals surface area contributed by atoms with E-state index in [0.29, 0.717) is 18.7 Å². The number of hydrogen-bond acceptors (Lipinski definition) is 3. The zero-order valence-electron chi connectivity index (χ0n) is 8.20. The highest BCUT2D eigenvalue weighted by Crippen LogP contribution is 2.09. The standard InChI is InChI=1S/C11H12FNO2/c12-9-3-1-8(2-4-9)11(14)10-7-13-5-6-15-10/h1-4,10,13H,5-7H2. The normalized spacial score (nSPS) is 21.3. The molecule has 0 saturated carbocycles. The third-order valence-electron chi connectivity index (χ3n) is 2.35. The van der Waals surface area contributed by atoms with Crippen molar-refractivity contribution in [2.75, 3.05) is 19.7 Å². The molecule has 2 rings (SSSR count). The number of benzene rings is 1. The third kappa shape index (κ3) is 2.40. The highest BCUT2D eigenvalue weighted by molar-refractivity contribution is 5.99. The number of carbonyl (C=O) groups excluding carboxylic acids is 1. The van der Waals surface area contributed by atoms with Gasteiger partial charge >= 0.3 is 0 Å². The summed E-state index contributed by atoms with van der Waals surface area (Å²) in [6.07, 6.45) is -0.441.